The number of fused-ring (bicyclic) bond motifs is 1. The van der Waals surface area contributed by atoms with Gasteiger partial charge in [-0.05, 0) is 36.6 Å². The van der Waals surface area contributed by atoms with Crippen LogP contribution in [0.4, 0.5) is 4.39 Å². The SMILES string of the molecule is O=C(Cc1ncccn1)C(CC1CCCCC1)n1cnc2ccc(F)cc2c1=O. The zero-order chi connectivity index (χ0) is 20.2. The van der Waals surface area contributed by atoms with Crippen molar-refractivity contribution in [1.29, 1.82) is 0 Å². The molecule has 0 N–H and O–H groups in total. The summed E-state index contributed by atoms with van der Waals surface area (Å²) in [7, 11) is 0. The van der Waals surface area contributed by atoms with Crippen molar-refractivity contribution in [3.63, 3.8) is 0 Å². The first kappa shape index (κ1) is 19.4. The molecule has 1 aliphatic carbocycles. The van der Waals surface area contributed by atoms with E-state index in [0.717, 1.165) is 25.7 Å². The third-order valence-electron chi connectivity index (χ3n) is 5.69. The lowest BCUT2D eigenvalue weighted by Crippen LogP contribution is -2.33. The lowest BCUT2D eigenvalue weighted by Gasteiger charge is -2.27. The Morgan fingerprint density at radius 2 is 1.90 bits per heavy atom. The number of nitrogens with zero attached hydrogens (tertiary/aromatic N) is 4. The maximum Gasteiger partial charge on any atom is 0.261 e. The van der Waals surface area contributed by atoms with E-state index in [-0.39, 0.29) is 17.6 Å². The number of carbonyl (C=O) groups excluding carboxylic acids is 1. The van der Waals surface area contributed by atoms with Crippen molar-refractivity contribution in [2.24, 2.45) is 5.92 Å². The summed E-state index contributed by atoms with van der Waals surface area (Å²) < 4.78 is 15.1. The molecule has 2 aromatic heterocycles. The molecule has 1 fully saturated rings. The first-order valence-electron chi connectivity index (χ1n) is 10.1. The van der Waals surface area contributed by atoms with Crippen molar-refractivity contribution in [2.45, 2.75) is 51.0 Å². The Morgan fingerprint density at radius 3 is 2.66 bits per heavy atom. The van der Waals surface area contributed by atoms with E-state index in [4.69, 9.17) is 0 Å². The minimum Gasteiger partial charge on any atom is -0.297 e. The molecule has 0 aliphatic heterocycles. The van der Waals surface area contributed by atoms with Gasteiger partial charge in [0.2, 0.25) is 0 Å². The normalized spacial score (nSPS) is 16.0. The number of aromatic nitrogens is 4. The standard InChI is InChI=1S/C22H23FN4O2/c23-16-7-8-18-17(12-16)22(29)27(14-26-18)19(11-15-5-2-1-3-6-15)20(28)13-21-24-9-4-10-25-21/h4,7-10,12,14-15,19H,1-3,5-6,11,13H2. The largest absolute Gasteiger partial charge is 0.297 e. The highest BCUT2D eigenvalue weighted by Gasteiger charge is 2.27. The van der Waals surface area contributed by atoms with E-state index in [1.54, 1.807) is 18.5 Å². The Kier molecular flexibility index (Phi) is 5.74. The number of hydrogen-bond donors (Lipinski definition) is 0. The molecule has 1 unspecified atom stereocenters. The molecule has 0 radical (unpaired) electrons. The van der Waals surface area contributed by atoms with Crippen molar-refractivity contribution in [3.8, 4) is 0 Å². The second-order valence-electron chi connectivity index (χ2n) is 7.68. The van der Waals surface area contributed by atoms with Gasteiger partial charge in [0.1, 0.15) is 11.6 Å². The minimum atomic E-state index is -0.658. The number of hydrogen-bond acceptors (Lipinski definition) is 5. The second kappa shape index (κ2) is 8.59. The number of benzene rings is 1. The highest BCUT2D eigenvalue weighted by Crippen LogP contribution is 2.31. The molecule has 150 valence electrons. The third-order valence-corrected chi connectivity index (χ3v) is 5.69. The van der Waals surface area contributed by atoms with Crippen molar-refractivity contribution < 1.29 is 9.18 Å². The molecule has 4 rings (SSSR count). The number of Topliss-reactive ketones (excluding diaryl/α,β-unsaturated/α-hetero) is 1. The predicted octanol–water partition coefficient (Wildman–Crippen LogP) is 3.65. The topological polar surface area (TPSA) is 77.7 Å². The number of ketones is 1. The summed E-state index contributed by atoms with van der Waals surface area (Å²) in [4.78, 5) is 38.9. The van der Waals surface area contributed by atoms with Crippen LogP contribution in [0.2, 0.25) is 0 Å². The smallest absolute Gasteiger partial charge is 0.261 e. The molecule has 29 heavy (non-hydrogen) atoms. The van der Waals surface area contributed by atoms with Crippen LogP contribution in [0, 0.1) is 11.7 Å². The van der Waals surface area contributed by atoms with Crippen LogP contribution < -0.4 is 5.56 Å². The molecule has 2 heterocycles. The molecule has 7 heteroatoms. The molecule has 1 aromatic carbocycles. The third kappa shape index (κ3) is 4.39. The fourth-order valence-electron chi connectivity index (χ4n) is 4.16. The van der Waals surface area contributed by atoms with E-state index in [0.29, 0.717) is 23.7 Å². The van der Waals surface area contributed by atoms with Crippen LogP contribution in [0.3, 0.4) is 0 Å². The number of rotatable bonds is 6. The molecule has 0 bridgehead atoms. The maximum atomic E-state index is 13.7. The predicted molar refractivity (Wildman–Crippen MR) is 107 cm³/mol. The van der Waals surface area contributed by atoms with E-state index in [1.165, 1.54) is 35.5 Å². The van der Waals surface area contributed by atoms with Crippen LogP contribution in [-0.2, 0) is 11.2 Å². The van der Waals surface area contributed by atoms with Gasteiger partial charge in [0.15, 0.2) is 5.78 Å². The summed E-state index contributed by atoms with van der Waals surface area (Å²) in [6.07, 6.45) is 10.8. The van der Waals surface area contributed by atoms with Crippen molar-refractivity contribution >= 4 is 16.7 Å². The van der Waals surface area contributed by atoms with Crippen LogP contribution >= 0.6 is 0 Å². The van der Waals surface area contributed by atoms with E-state index in [9.17, 15) is 14.0 Å². The summed E-state index contributed by atoms with van der Waals surface area (Å²) in [5, 5.41) is 0.185. The van der Waals surface area contributed by atoms with Crippen LogP contribution in [0.5, 0.6) is 0 Å². The Balaban J connectivity index is 1.71. The Labute approximate surface area is 167 Å². The van der Waals surface area contributed by atoms with Crippen LogP contribution in [-0.4, -0.2) is 25.3 Å². The van der Waals surface area contributed by atoms with Crippen molar-refractivity contribution in [3.05, 3.63) is 65.0 Å². The molecule has 0 spiro atoms. The van der Waals surface area contributed by atoms with Crippen LogP contribution in [0.25, 0.3) is 10.9 Å². The fraction of sp³-hybridized carbons (Fsp3) is 0.409. The Morgan fingerprint density at radius 1 is 1.14 bits per heavy atom. The lowest BCUT2D eigenvalue weighted by atomic mass is 9.83. The first-order valence-corrected chi connectivity index (χ1v) is 10.1. The molecular weight excluding hydrogens is 371 g/mol. The first-order chi connectivity index (χ1) is 14.1. The Bertz CT molecular complexity index is 1060. The summed E-state index contributed by atoms with van der Waals surface area (Å²) in [5.74, 6) is 0.187. The zero-order valence-corrected chi connectivity index (χ0v) is 16.1. The van der Waals surface area contributed by atoms with Crippen molar-refractivity contribution in [2.75, 3.05) is 0 Å². The quantitative estimate of drug-likeness (QED) is 0.638. The average Bonchev–Trinajstić information content (AvgIpc) is 2.74. The Hall–Kier alpha value is -2.96. The highest BCUT2D eigenvalue weighted by molar-refractivity contribution is 5.85. The van der Waals surface area contributed by atoms with E-state index in [2.05, 4.69) is 15.0 Å². The van der Waals surface area contributed by atoms with Gasteiger partial charge in [0.05, 0.1) is 29.7 Å². The molecule has 1 atom stereocenters. The van der Waals surface area contributed by atoms with E-state index in [1.807, 2.05) is 0 Å². The monoisotopic (exact) mass is 394 g/mol. The number of halogens is 1. The molecule has 3 aromatic rings. The molecule has 0 amide bonds. The summed E-state index contributed by atoms with van der Waals surface area (Å²) in [6.45, 7) is 0. The molecule has 1 aliphatic rings. The van der Waals surface area contributed by atoms with Gasteiger partial charge in [-0.2, -0.15) is 0 Å². The second-order valence-corrected chi connectivity index (χ2v) is 7.68. The van der Waals surface area contributed by atoms with Gasteiger partial charge in [0.25, 0.3) is 5.56 Å². The van der Waals surface area contributed by atoms with E-state index >= 15 is 0 Å². The van der Waals surface area contributed by atoms with Crippen molar-refractivity contribution in [1.82, 2.24) is 19.5 Å². The van der Waals surface area contributed by atoms with Gasteiger partial charge in [-0.15, -0.1) is 0 Å². The van der Waals surface area contributed by atoms with Gasteiger partial charge < -0.3 is 0 Å². The molecular formula is C22H23FN4O2. The minimum absolute atomic E-state index is 0.0475. The fourth-order valence-corrected chi connectivity index (χ4v) is 4.16. The maximum absolute atomic E-state index is 13.7. The van der Waals surface area contributed by atoms with Gasteiger partial charge in [-0.25, -0.2) is 19.3 Å². The summed E-state index contributed by atoms with van der Waals surface area (Å²) in [6, 6.07) is 4.97. The van der Waals surface area contributed by atoms with Gasteiger partial charge in [-0.3, -0.25) is 14.2 Å². The van der Waals surface area contributed by atoms with E-state index < -0.39 is 17.4 Å². The molecule has 6 nitrogen and oxygen atoms in total. The van der Waals surface area contributed by atoms with Crippen LogP contribution in [0.1, 0.15) is 50.4 Å². The molecule has 1 saturated carbocycles. The van der Waals surface area contributed by atoms with Crippen LogP contribution in [0.15, 0.2) is 47.8 Å². The molecule has 0 saturated heterocycles. The summed E-state index contributed by atoms with van der Waals surface area (Å²) >= 11 is 0. The lowest BCUT2D eigenvalue weighted by molar-refractivity contribution is -0.122. The van der Waals surface area contributed by atoms with Gasteiger partial charge >= 0.3 is 0 Å². The average molecular weight is 394 g/mol. The van der Waals surface area contributed by atoms with Gasteiger partial charge in [-0.1, -0.05) is 32.1 Å². The highest BCUT2D eigenvalue weighted by atomic mass is 19.1. The zero-order valence-electron chi connectivity index (χ0n) is 16.1. The van der Waals surface area contributed by atoms with Gasteiger partial charge in [0, 0.05) is 12.4 Å². The summed E-state index contributed by atoms with van der Waals surface area (Å²) in [5.41, 5.74) is 0.0283. The number of carbonyl (C=O) groups is 1.